The van der Waals surface area contributed by atoms with Crippen molar-refractivity contribution in [2.45, 2.75) is 5.51 Å². The second kappa shape index (κ2) is 11.1. The van der Waals surface area contributed by atoms with E-state index >= 15 is 0 Å². The first kappa shape index (κ1) is 28.9. The Hall–Kier alpha value is -3.35. The average Bonchev–Trinajstić information content (AvgIpc) is 2.76. The lowest BCUT2D eigenvalue weighted by Gasteiger charge is -2.28. The van der Waals surface area contributed by atoms with E-state index in [2.05, 4.69) is 4.18 Å². The van der Waals surface area contributed by atoms with E-state index < -0.39 is 65.9 Å². The van der Waals surface area contributed by atoms with E-state index in [0.29, 0.717) is 13.1 Å². The molecule has 0 spiro atoms. The van der Waals surface area contributed by atoms with Crippen LogP contribution in [0.1, 0.15) is 0 Å². The van der Waals surface area contributed by atoms with Gasteiger partial charge in [-0.3, -0.25) is 20.2 Å². The molecule has 1 fully saturated rings. The predicted molar refractivity (Wildman–Crippen MR) is 111 cm³/mol. The first-order valence-corrected chi connectivity index (χ1v) is 11.7. The number of nitrogens with zero attached hydrogens (tertiary/aromatic N) is 3. The van der Waals surface area contributed by atoms with Crippen LogP contribution in [0, 0.1) is 43.5 Å². The Kier molecular flexibility index (Phi) is 8.94. The summed E-state index contributed by atoms with van der Waals surface area (Å²) < 4.78 is 114. The third kappa shape index (κ3) is 6.86. The van der Waals surface area contributed by atoms with Gasteiger partial charge in [0.1, 0.15) is 5.69 Å². The van der Waals surface area contributed by atoms with Gasteiger partial charge < -0.3 is 9.08 Å². The maximum atomic E-state index is 13.7. The molecule has 0 aliphatic carbocycles. The van der Waals surface area contributed by atoms with E-state index in [1.165, 1.54) is 0 Å². The van der Waals surface area contributed by atoms with Crippen molar-refractivity contribution in [2.75, 3.05) is 29.5 Å². The van der Waals surface area contributed by atoms with Gasteiger partial charge in [0.2, 0.25) is 5.75 Å². The smallest absolute Gasteiger partial charge is 0.370 e. The number of rotatable bonds is 5. The number of hydrogen-bond acceptors (Lipinski definition) is 9. The molecular weight excluding hydrogens is 555 g/mol. The summed E-state index contributed by atoms with van der Waals surface area (Å²) in [5, 5.41) is 20.6. The maximum absolute atomic E-state index is 13.7. The van der Waals surface area contributed by atoms with E-state index in [9.17, 15) is 59.4 Å². The molecule has 198 valence electrons. The minimum atomic E-state index is -6.28. The normalized spacial score (nSPS) is 14.0. The average molecular weight is 567 g/mol. The standard InChI is InChI=1S/C10H10F2N2O2S.C7H2F5NO5S/c11-8-5-7(14(15)16)6-9(12)10(8)13-1-3-17-4-2-13;8-4-1-3(13(14)15)2-5(9)6(4)18-19(16,17)7(10,11)12/h5-6H,1-4H2;1-2H. The van der Waals surface area contributed by atoms with Crippen LogP contribution in [-0.2, 0) is 10.1 Å². The zero-order valence-corrected chi connectivity index (χ0v) is 18.9. The molecule has 2 aromatic carbocycles. The van der Waals surface area contributed by atoms with Crippen LogP contribution in [0.3, 0.4) is 0 Å². The number of halogens is 7. The van der Waals surface area contributed by atoms with Gasteiger partial charge in [0.05, 0.1) is 34.1 Å². The largest absolute Gasteiger partial charge is 0.534 e. The molecule has 36 heavy (non-hydrogen) atoms. The van der Waals surface area contributed by atoms with Crippen LogP contribution in [0.25, 0.3) is 0 Å². The zero-order valence-electron chi connectivity index (χ0n) is 17.3. The number of anilines is 1. The van der Waals surface area contributed by atoms with Crippen LogP contribution in [0.2, 0.25) is 0 Å². The molecule has 0 N–H and O–H groups in total. The molecule has 0 unspecified atom stereocenters. The Morgan fingerprint density at radius 1 is 0.833 bits per heavy atom. The number of benzene rings is 2. The fourth-order valence-corrected chi connectivity index (χ4v) is 4.01. The van der Waals surface area contributed by atoms with Crippen molar-refractivity contribution in [2.24, 2.45) is 0 Å². The van der Waals surface area contributed by atoms with Crippen LogP contribution in [0.15, 0.2) is 24.3 Å². The summed E-state index contributed by atoms with van der Waals surface area (Å²) in [6.45, 7) is 1.10. The molecule has 1 heterocycles. The molecular formula is C17H12F7N3O7S2. The van der Waals surface area contributed by atoms with Gasteiger partial charge in [0.15, 0.2) is 23.3 Å². The van der Waals surface area contributed by atoms with E-state index in [1.54, 1.807) is 16.7 Å². The summed E-state index contributed by atoms with van der Waals surface area (Å²) in [6, 6.07) is 1.56. The number of hydrogen-bond donors (Lipinski definition) is 0. The van der Waals surface area contributed by atoms with Crippen molar-refractivity contribution in [3.8, 4) is 5.75 Å². The van der Waals surface area contributed by atoms with Crippen LogP contribution < -0.4 is 9.08 Å². The summed E-state index contributed by atoms with van der Waals surface area (Å²) in [7, 11) is -6.28. The zero-order chi connectivity index (χ0) is 27.4. The first-order chi connectivity index (χ1) is 16.5. The number of thioether (sulfide) groups is 1. The van der Waals surface area contributed by atoms with Crippen LogP contribution in [0.4, 0.5) is 47.8 Å². The molecule has 1 aliphatic rings. The summed E-state index contributed by atoms with van der Waals surface area (Å²) in [5.41, 5.74) is -7.73. The molecule has 0 bridgehead atoms. The summed E-state index contributed by atoms with van der Waals surface area (Å²) in [5.74, 6) is -5.96. The van der Waals surface area contributed by atoms with Gasteiger partial charge in [-0.25, -0.2) is 17.6 Å². The van der Waals surface area contributed by atoms with E-state index in [4.69, 9.17) is 0 Å². The van der Waals surface area contributed by atoms with E-state index in [-0.39, 0.29) is 17.8 Å². The molecule has 0 aromatic heterocycles. The van der Waals surface area contributed by atoms with Gasteiger partial charge in [-0.2, -0.15) is 33.4 Å². The molecule has 1 saturated heterocycles. The fourth-order valence-electron chi connectivity index (χ4n) is 2.64. The number of non-ortho nitro benzene ring substituents is 2. The van der Waals surface area contributed by atoms with Gasteiger partial charge in [0.25, 0.3) is 11.4 Å². The van der Waals surface area contributed by atoms with E-state index in [1.807, 2.05) is 0 Å². The van der Waals surface area contributed by atoms with Crippen molar-refractivity contribution in [1.29, 1.82) is 0 Å². The SMILES string of the molecule is O=[N+]([O-])c1cc(F)c(N2CCSCC2)c(F)c1.O=[N+]([O-])c1cc(F)c(OS(=O)(=O)C(F)(F)F)c(F)c1. The van der Waals surface area contributed by atoms with Gasteiger partial charge in [-0.05, 0) is 0 Å². The topological polar surface area (TPSA) is 133 Å². The molecule has 10 nitrogen and oxygen atoms in total. The number of alkyl halides is 3. The monoisotopic (exact) mass is 567 g/mol. The van der Waals surface area contributed by atoms with Crippen molar-refractivity contribution in [3.05, 3.63) is 67.8 Å². The van der Waals surface area contributed by atoms with Crippen molar-refractivity contribution >= 4 is 38.9 Å². The Labute approximate surface area is 201 Å². The van der Waals surface area contributed by atoms with E-state index in [0.717, 1.165) is 23.6 Å². The second-order valence-electron chi connectivity index (χ2n) is 6.59. The molecule has 1 aliphatic heterocycles. The number of nitro groups is 2. The van der Waals surface area contributed by atoms with Crippen molar-refractivity contribution in [1.82, 2.24) is 0 Å². The highest BCUT2D eigenvalue weighted by molar-refractivity contribution is 7.99. The number of nitro benzene ring substituents is 2. The molecule has 0 saturated carbocycles. The molecule has 19 heteroatoms. The maximum Gasteiger partial charge on any atom is 0.534 e. The van der Waals surface area contributed by atoms with Crippen LogP contribution in [0.5, 0.6) is 5.75 Å². The quantitative estimate of drug-likeness (QED) is 0.168. The molecule has 0 atom stereocenters. The minimum Gasteiger partial charge on any atom is -0.370 e. The first-order valence-electron chi connectivity index (χ1n) is 9.15. The van der Waals surface area contributed by atoms with Crippen LogP contribution >= 0.6 is 11.8 Å². The van der Waals surface area contributed by atoms with Gasteiger partial charge in [0, 0.05) is 24.6 Å². The van der Waals surface area contributed by atoms with Gasteiger partial charge >= 0.3 is 15.6 Å². The fraction of sp³-hybridized carbons (Fsp3) is 0.294. The second-order valence-corrected chi connectivity index (χ2v) is 9.36. The lowest BCUT2D eigenvalue weighted by Crippen LogP contribution is -2.33. The third-order valence-corrected chi connectivity index (χ3v) is 6.11. The van der Waals surface area contributed by atoms with Crippen molar-refractivity contribution in [3.63, 3.8) is 0 Å². The Balaban J connectivity index is 0.000000255. The van der Waals surface area contributed by atoms with Gasteiger partial charge in [-0.1, -0.05) is 0 Å². The molecule has 2 aromatic rings. The highest BCUT2D eigenvalue weighted by atomic mass is 32.2. The Morgan fingerprint density at radius 2 is 1.22 bits per heavy atom. The predicted octanol–water partition coefficient (Wildman–Crippen LogP) is 4.53. The lowest BCUT2D eigenvalue weighted by atomic mass is 10.2. The molecule has 0 radical (unpaired) electrons. The summed E-state index contributed by atoms with van der Waals surface area (Å²) in [6.07, 6.45) is 0. The lowest BCUT2D eigenvalue weighted by molar-refractivity contribution is -0.385. The third-order valence-electron chi connectivity index (χ3n) is 4.21. The van der Waals surface area contributed by atoms with Crippen molar-refractivity contribution < 1.29 is 53.2 Å². The molecule has 3 rings (SSSR count). The highest BCUT2D eigenvalue weighted by Crippen LogP contribution is 2.32. The Bertz CT molecular complexity index is 1220. The van der Waals surface area contributed by atoms with Gasteiger partial charge in [-0.15, -0.1) is 0 Å². The van der Waals surface area contributed by atoms with Crippen LogP contribution in [-0.4, -0.2) is 48.4 Å². The summed E-state index contributed by atoms with van der Waals surface area (Å²) >= 11 is 1.72. The highest BCUT2D eigenvalue weighted by Gasteiger charge is 2.49. The molecule has 0 amide bonds. The summed E-state index contributed by atoms with van der Waals surface area (Å²) in [4.78, 5) is 20.2. The minimum absolute atomic E-state index is 0.0182. The Morgan fingerprint density at radius 3 is 1.58 bits per heavy atom.